The second kappa shape index (κ2) is 7.15. The Morgan fingerprint density at radius 3 is 2.38 bits per heavy atom. The van der Waals surface area contributed by atoms with Crippen molar-refractivity contribution in [2.45, 2.75) is 19.3 Å². The van der Waals surface area contributed by atoms with Crippen LogP contribution in [-0.4, -0.2) is 28.0 Å². The highest BCUT2D eigenvalue weighted by molar-refractivity contribution is 5.69. The molecule has 0 saturated carbocycles. The van der Waals surface area contributed by atoms with E-state index in [1.165, 1.54) is 6.07 Å². The Hall–Kier alpha value is -2.85. The monoisotopic (exact) mass is 348 g/mol. The zero-order valence-corrected chi connectivity index (χ0v) is 11.7. The fourth-order valence-corrected chi connectivity index (χ4v) is 1.76. The van der Waals surface area contributed by atoms with Crippen LogP contribution >= 0.6 is 0 Å². The Morgan fingerprint density at radius 2 is 1.83 bits per heavy atom. The molecule has 0 fully saturated rings. The van der Waals surface area contributed by atoms with Gasteiger partial charge in [0.1, 0.15) is 0 Å². The van der Waals surface area contributed by atoms with Gasteiger partial charge in [-0.15, -0.1) is 0 Å². The SMILES string of the molecule is O=CNCc1cc(-c2cnc(C(F)(F)F)nc2)c(OC(F)F)cn1. The van der Waals surface area contributed by atoms with Gasteiger partial charge in [0, 0.05) is 23.5 Å². The van der Waals surface area contributed by atoms with E-state index in [9.17, 15) is 26.7 Å². The average Bonchev–Trinajstić information content (AvgIpc) is 2.52. The lowest BCUT2D eigenvalue weighted by atomic mass is 10.1. The second-order valence-electron chi connectivity index (χ2n) is 4.34. The topological polar surface area (TPSA) is 77.0 Å². The molecule has 2 aromatic heterocycles. The zero-order valence-electron chi connectivity index (χ0n) is 11.7. The van der Waals surface area contributed by atoms with Gasteiger partial charge >= 0.3 is 12.8 Å². The van der Waals surface area contributed by atoms with E-state index in [1.807, 2.05) is 0 Å². The molecule has 1 amide bonds. The number of amides is 1. The van der Waals surface area contributed by atoms with Crippen molar-refractivity contribution in [2.75, 3.05) is 0 Å². The van der Waals surface area contributed by atoms with Gasteiger partial charge in [0.15, 0.2) is 5.75 Å². The number of ether oxygens (including phenoxy) is 1. The Labute approximate surface area is 131 Å². The molecule has 0 spiro atoms. The first-order valence-corrected chi connectivity index (χ1v) is 6.31. The molecule has 2 heterocycles. The van der Waals surface area contributed by atoms with Crippen LogP contribution in [0.25, 0.3) is 11.1 Å². The molecule has 0 bridgehead atoms. The van der Waals surface area contributed by atoms with Crippen LogP contribution in [0.15, 0.2) is 24.7 Å². The number of pyridine rings is 1. The van der Waals surface area contributed by atoms with Gasteiger partial charge in [-0.1, -0.05) is 0 Å². The Balaban J connectivity index is 2.42. The third kappa shape index (κ3) is 4.33. The Morgan fingerprint density at radius 1 is 1.17 bits per heavy atom. The first-order chi connectivity index (χ1) is 11.3. The molecule has 1 N–H and O–H groups in total. The number of aromatic nitrogens is 3. The Bertz CT molecular complexity index is 706. The van der Waals surface area contributed by atoms with Crippen LogP contribution in [-0.2, 0) is 17.5 Å². The molecule has 0 unspecified atom stereocenters. The lowest BCUT2D eigenvalue weighted by Gasteiger charge is -2.12. The lowest BCUT2D eigenvalue weighted by Crippen LogP contribution is -2.12. The number of nitrogens with one attached hydrogen (secondary N) is 1. The van der Waals surface area contributed by atoms with Crippen molar-refractivity contribution in [3.05, 3.63) is 36.2 Å². The van der Waals surface area contributed by atoms with Crippen LogP contribution in [0.1, 0.15) is 11.5 Å². The molecular weight excluding hydrogens is 339 g/mol. The number of hydrogen-bond donors (Lipinski definition) is 1. The maximum absolute atomic E-state index is 12.5. The predicted molar refractivity (Wildman–Crippen MR) is 69.8 cm³/mol. The van der Waals surface area contributed by atoms with Crippen LogP contribution in [0.3, 0.4) is 0 Å². The van der Waals surface area contributed by atoms with Crippen LogP contribution in [0.2, 0.25) is 0 Å². The van der Waals surface area contributed by atoms with Crippen molar-refractivity contribution < 1.29 is 31.5 Å². The van der Waals surface area contributed by atoms with E-state index in [-0.39, 0.29) is 29.1 Å². The van der Waals surface area contributed by atoms with Crippen molar-refractivity contribution in [2.24, 2.45) is 0 Å². The fourth-order valence-electron chi connectivity index (χ4n) is 1.76. The number of carbonyl (C=O) groups is 1. The van der Waals surface area contributed by atoms with Crippen LogP contribution < -0.4 is 10.1 Å². The molecule has 6 nitrogen and oxygen atoms in total. The lowest BCUT2D eigenvalue weighted by molar-refractivity contribution is -0.145. The van der Waals surface area contributed by atoms with Gasteiger partial charge < -0.3 is 10.1 Å². The fraction of sp³-hybridized carbons (Fsp3) is 0.231. The Kier molecular flexibility index (Phi) is 5.21. The summed E-state index contributed by atoms with van der Waals surface area (Å²) in [6.45, 7) is -3.16. The predicted octanol–water partition coefficient (Wildman–Crippen LogP) is 2.40. The summed E-state index contributed by atoms with van der Waals surface area (Å²) in [5, 5.41) is 2.32. The molecule has 128 valence electrons. The van der Waals surface area contributed by atoms with Crippen molar-refractivity contribution in [1.82, 2.24) is 20.3 Å². The molecule has 11 heteroatoms. The maximum atomic E-state index is 12.5. The first-order valence-electron chi connectivity index (χ1n) is 6.31. The minimum atomic E-state index is -4.72. The van der Waals surface area contributed by atoms with Gasteiger partial charge in [-0.2, -0.15) is 22.0 Å². The number of rotatable bonds is 6. The summed E-state index contributed by atoms with van der Waals surface area (Å²) in [6, 6.07) is 1.28. The molecule has 0 saturated heterocycles. The van der Waals surface area contributed by atoms with Crippen LogP contribution in [0, 0.1) is 0 Å². The van der Waals surface area contributed by atoms with E-state index in [4.69, 9.17) is 0 Å². The van der Waals surface area contributed by atoms with Crippen molar-refractivity contribution >= 4 is 6.41 Å². The molecule has 24 heavy (non-hydrogen) atoms. The molecule has 2 rings (SSSR count). The van der Waals surface area contributed by atoms with E-state index in [0.717, 1.165) is 18.6 Å². The highest BCUT2D eigenvalue weighted by atomic mass is 19.4. The molecule has 0 aliphatic rings. The molecular formula is C13H9F5N4O2. The summed E-state index contributed by atoms with van der Waals surface area (Å²) >= 11 is 0. The van der Waals surface area contributed by atoms with E-state index in [1.54, 1.807) is 0 Å². The minimum Gasteiger partial charge on any atom is -0.433 e. The normalized spacial score (nSPS) is 11.4. The minimum absolute atomic E-state index is 0.00699. The van der Waals surface area contributed by atoms with Gasteiger partial charge in [-0.05, 0) is 6.07 Å². The van der Waals surface area contributed by atoms with E-state index in [2.05, 4.69) is 25.0 Å². The quantitative estimate of drug-likeness (QED) is 0.641. The third-order valence-electron chi connectivity index (χ3n) is 2.72. The second-order valence-corrected chi connectivity index (χ2v) is 4.34. The van der Waals surface area contributed by atoms with Crippen molar-refractivity contribution in [3.8, 4) is 16.9 Å². The van der Waals surface area contributed by atoms with Crippen molar-refractivity contribution in [3.63, 3.8) is 0 Å². The molecule has 2 aromatic rings. The van der Waals surface area contributed by atoms with Gasteiger partial charge in [-0.3, -0.25) is 9.78 Å². The third-order valence-corrected chi connectivity index (χ3v) is 2.72. The maximum Gasteiger partial charge on any atom is 0.451 e. The number of halogens is 5. The molecule has 0 radical (unpaired) electrons. The standard InChI is InChI=1S/C13H9F5N4O2/c14-12(15)24-10-5-20-8(4-19-6-23)1-9(10)7-2-21-11(22-3-7)13(16,17)18/h1-3,5-6,12H,4H2,(H,19,23). The molecule has 0 aliphatic carbocycles. The van der Waals surface area contributed by atoms with Crippen LogP contribution in [0.4, 0.5) is 22.0 Å². The molecule has 0 aromatic carbocycles. The molecule has 0 atom stereocenters. The average molecular weight is 348 g/mol. The smallest absolute Gasteiger partial charge is 0.433 e. The van der Waals surface area contributed by atoms with Crippen molar-refractivity contribution in [1.29, 1.82) is 0 Å². The summed E-state index contributed by atoms with van der Waals surface area (Å²) in [4.78, 5) is 20.4. The number of hydrogen-bond acceptors (Lipinski definition) is 5. The summed E-state index contributed by atoms with van der Waals surface area (Å²) in [7, 11) is 0. The van der Waals surface area contributed by atoms with E-state index in [0.29, 0.717) is 6.41 Å². The first kappa shape index (κ1) is 17.5. The number of alkyl halides is 5. The van der Waals surface area contributed by atoms with E-state index >= 15 is 0 Å². The van der Waals surface area contributed by atoms with Gasteiger partial charge in [0.2, 0.25) is 12.2 Å². The number of carbonyl (C=O) groups excluding carboxylic acids is 1. The summed E-state index contributed by atoms with van der Waals surface area (Å²) < 4.78 is 66.6. The summed E-state index contributed by atoms with van der Waals surface area (Å²) in [5.41, 5.74) is 0.314. The van der Waals surface area contributed by atoms with Gasteiger partial charge in [0.25, 0.3) is 0 Å². The van der Waals surface area contributed by atoms with E-state index < -0.39 is 18.6 Å². The van der Waals surface area contributed by atoms with Crippen LogP contribution in [0.5, 0.6) is 5.75 Å². The van der Waals surface area contributed by atoms with Gasteiger partial charge in [0.05, 0.1) is 18.4 Å². The highest BCUT2D eigenvalue weighted by Crippen LogP contribution is 2.32. The zero-order chi connectivity index (χ0) is 17.7. The largest absolute Gasteiger partial charge is 0.451 e. The molecule has 0 aliphatic heterocycles. The highest BCUT2D eigenvalue weighted by Gasteiger charge is 2.34. The summed E-state index contributed by atoms with van der Waals surface area (Å²) in [6.07, 6.45) is -1.67. The summed E-state index contributed by atoms with van der Waals surface area (Å²) in [5.74, 6) is -1.72. The van der Waals surface area contributed by atoms with Gasteiger partial charge in [-0.25, -0.2) is 9.97 Å². The number of nitrogens with zero attached hydrogens (tertiary/aromatic N) is 3.